The number of rotatable bonds is 3. The third-order valence-electron chi connectivity index (χ3n) is 3.62. The Kier molecular flexibility index (Phi) is 3.27. The van der Waals surface area contributed by atoms with Crippen LogP contribution >= 0.6 is 11.6 Å². The summed E-state index contributed by atoms with van der Waals surface area (Å²) in [6.45, 7) is 1.98. The summed E-state index contributed by atoms with van der Waals surface area (Å²) in [6.07, 6.45) is -0.292. The van der Waals surface area contributed by atoms with Gasteiger partial charge in [-0.25, -0.2) is 8.78 Å². The van der Waals surface area contributed by atoms with E-state index in [1.165, 1.54) is 12.1 Å². The number of hydrogen-bond acceptors (Lipinski definition) is 1. The van der Waals surface area contributed by atoms with Crippen LogP contribution in [0.3, 0.4) is 0 Å². The fourth-order valence-corrected chi connectivity index (χ4v) is 2.90. The van der Waals surface area contributed by atoms with E-state index in [1.807, 2.05) is 31.2 Å². The highest BCUT2D eigenvalue weighted by Gasteiger charge is 2.59. The summed E-state index contributed by atoms with van der Waals surface area (Å²) in [5.74, 6) is -1.11. The molecule has 0 aromatic heterocycles. The molecule has 2 atom stereocenters. The van der Waals surface area contributed by atoms with Gasteiger partial charge in [0.15, 0.2) is 0 Å². The number of aryl methyl sites for hydroxylation is 1. The lowest BCUT2D eigenvalue weighted by molar-refractivity contribution is 0.309. The summed E-state index contributed by atoms with van der Waals surface area (Å²) in [5, 5.41) is 0. The van der Waals surface area contributed by atoms with Crippen LogP contribution in [-0.2, 0) is 10.3 Å². The normalized spacial score (nSPS) is 24.7. The lowest BCUT2D eigenvalue weighted by atomic mass is 9.92. The molecule has 3 rings (SSSR count). The second-order valence-corrected chi connectivity index (χ2v) is 5.33. The molecule has 0 saturated carbocycles. The van der Waals surface area contributed by atoms with Crippen molar-refractivity contribution in [3.05, 3.63) is 70.8 Å². The Balaban J connectivity index is 1.99. The van der Waals surface area contributed by atoms with E-state index in [-0.39, 0.29) is 12.0 Å². The van der Waals surface area contributed by atoms with Crippen molar-refractivity contribution in [2.24, 2.45) is 0 Å². The molecule has 20 heavy (non-hydrogen) atoms. The Hall–Kier alpha value is -1.45. The van der Waals surface area contributed by atoms with Gasteiger partial charge in [-0.2, -0.15) is 0 Å². The molecule has 1 aliphatic heterocycles. The molecule has 1 fully saturated rings. The van der Waals surface area contributed by atoms with E-state index in [4.69, 9.17) is 16.3 Å². The van der Waals surface area contributed by atoms with Gasteiger partial charge in [0.05, 0.1) is 5.88 Å². The number of alkyl halides is 1. The van der Waals surface area contributed by atoms with Crippen molar-refractivity contribution in [2.45, 2.75) is 18.6 Å². The molecule has 0 radical (unpaired) electrons. The lowest BCUT2D eigenvalue weighted by Crippen LogP contribution is -2.14. The van der Waals surface area contributed by atoms with Gasteiger partial charge >= 0.3 is 0 Å². The van der Waals surface area contributed by atoms with Gasteiger partial charge in [0.25, 0.3) is 0 Å². The predicted octanol–water partition coefficient (Wildman–Crippen LogP) is 4.48. The van der Waals surface area contributed by atoms with Crippen LogP contribution in [0, 0.1) is 18.6 Å². The molecule has 0 amide bonds. The number of halogens is 3. The molecular formula is C16H13ClF2O. The van der Waals surface area contributed by atoms with Crippen molar-refractivity contribution in [1.29, 1.82) is 0 Å². The average molecular weight is 295 g/mol. The Bertz CT molecular complexity index is 659. The first-order valence-corrected chi connectivity index (χ1v) is 6.86. The molecule has 104 valence electrons. The summed E-state index contributed by atoms with van der Waals surface area (Å²) in [7, 11) is 0. The van der Waals surface area contributed by atoms with Crippen LogP contribution in [0.5, 0.6) is 0 Å². The minimum atomic E-state index is -0.896. The summed E-state index contributed by atoms with van der Waals surface area (Å²) in [4.78, 5) is 0. The molecule has 1 nitrogen and oxygen atoms in total. The maximum absolute atomic E-state index is 14.0. The van der Waals surface area contributed by atoms with Crippen LogP contribution in [0.4, 0.5) is 8.78 Å². The predicted molar refractivity (Wildman–Crippen MR) is 73.8 cm³/mol. The summed E-state index contributed by atoms with van der Waals surface area (Å²) in [6, 6.07) is 11.3. The maximum Gasteiger partial charge on any atom is 0.141 e. The number of hydrogen-bond donors (Lipinski definition) is 0. The highest BCUT2D eigenvalue weighted by molar-refractivity contribution is 6.18. The molecule has 0 spiro atoms. The topological polar surface area (TPSA) is 12.5 Å². The zero-order valence-corrected chi connectivity index (χ0v) is 11.6. The number of epoxide rings is 1. The van der Waals surface area contributed by atoms with Crippen molar-refractivity contribution >= 4 is 11.6 Å². The van der Waals surface area contributed by atoms with Crippen LogP contribution in [0.25, 0.3) is 0 Å². The molecule has 1 saturated heterocycles. The van der Waals surface area contributed by atoms with Crippen molar-refractivity contribution in [3.8, 4) is 0 Å². The van der Waals surface area contributed by atoms with E-state index < -0.39 is 17.2 Å². The Labute approximate surface area is 121 Å². The monoisotopic (exact) mass is 294 g/mol. The van der Waals surface area contributed by atoms with Crippen LogP contribution in [0.1, 0.15) is 22.8 Å². The van der Waals surface area contributed by atoms with E-state index in [2.05, 4.69) is 0 Å². The van der Waals surface area contributed by atoms with E-state index in [1.54, 1.807) is 0 Å². The third kappa shape index (κ3) is 2.11. The van der Waals surface area contributed by atoms with E-state index in [0.29, 0.717) is 5.56 Å². The van der Waals surface area contributed by atoms with Crippen molar-refractivity contribution in [3.63, 3.8) is 0 Å². The van der Waals surface area contributed by atoms with E-state index in [0.717, 1.165) is 17.2 Å². The second kappa shape index (κ2) is 4.83. The highest BCUT2D eigenvalue weighted by atomic mass is 35.5. The zero-order chi connectivity index (χ0) is 14.3. The minimum Gasteiger partial charge on any atom is -0.354 e. The largest absolute Gasteiger partial charge is 0.354 e. The number of benzene rings is 2. The van der Waals surface area contributed by atoms with Gasteiger partial charge in [-0.1, -0.05) is 35.9 Å². The molecule has 2 aromatic carbocycles. The van der Waals surface area contributed by atoms with Crippen molar-refractivity contribution in [1.82, 2.24) is 0 Å². The Morgan fingerprint density at radius 2 is 2.00 bits per heavy atom. The first kappa shape index (κ1) is 13.5. The first-order valence-electron chi connectivity index (χ1n) is 6.33. The average Bonchev–Trinajstić information content (AvgIpc) is 3.14. The fraction of sp³-hybridized carbons (Fsp3) is 0.250. The standard InChI is InChI=1S/C16H13ClF2O/c1-10-3-2-4-11(7-10)15-16(9-17,20-15)13-6-5-12(18)8-14(13)19/h2-8,15H,9H2,1H3. The Morgan fingerprint density at radius 3 is 2.65 bits per heavy atom. The smallest absolute Gasteiger partial charge is 0.141 e. The minimum absolute atomic E-state index is 0.119. The van der Waals surface area contributed by atoms with Crippen molar-refractivity contribution in [2.75, 3.05) is 5.88 Å². The third-order valence-corrected chi connectivity index (χ3v) is 4.02. The molecule has 2 unspecified atom stereocenters. The number of ether oxygens (including phenoxy) is 1. The van der Waals surface area contributed by atoms with E-state index >= 15 is 0 Å². The van der Waals surface area contributed by atoms with Gasteiger partial charge in [-0.05, 0) is 18.6 Å². The molecule has 0 aliphatic carbocycles. The van der Waals surface area contributed by atoms with Gasteiger partial charge < -0.3 is 4.74 Å². The molecule has 0 bridgehead atoms. The van der Waals surface area contributed by atoms with Crippen LogP contribution in [0.2, 0.25) is 0 Å². The van der Waals surface area contributed by atoms with Gasteiger partial charge in [-0.15, -0.1) is 11.6 Å². The van der Waals surface area contributed by atoms with Gasteiger partial charge in [0, 0.05) is 11.6 Å². The van der Waals surface area contributed by atoms with Crippen LogP contribution < -0.4 is 0 Å². The SMILES string of the molecule is Cc1cccc(C2OC2(CCl)c2ccc(F)cc2F)c1. The molecular weight excluding hydrogens is 282 g/mol. The van der Waals surface area contributed by atoms with Gasteiger partial charge in [0.2, 0.25) is 0 Å². The highest BCUT2D eigenvalue weighted by Crippen LogP contribution is 2.58. The quantitative estimate of drug-likeness (QED) is 0.601. The molecule has 0 N–H and O–H groups in total. The van der Waals surface area contributed by atoms with E-state index in [9.17, 15) is 8.78 Å². The summed E-state index contributed by atoms with van der Waals surface area (Å²) in [5.41, 5.74) is 1.46. The first-order chi connectivity index (χ1) is 9.56. The Morgan fingerprint density at radius 1 is 1.20 bits per heavy atom. The fourth-order valence-electron chi connectivity index (χ4n) is 2.56. The summed E-state index contributed by atoms with van der Waals surface area (Å²) >= 11 is 6.00. The van der Waals surface area contributed by atoms with Crippen LogP contribution in [-0.4, -0.2) is 5.88 Å². The maximum atomic E-state index is 14.0. The molecule has 1 aliphatic rings. The van der Waals surface area contributed by atoms with Gasteiger partial charge in [-0.3, -0.25) is 0 Å². The molecule has 1 heterocycles. The van der Waals surface area contributed by atoms with Crippen molar-refractivity contribution < 1.29 is 13.5 Å². The summed E-state index contributed by atoms with van der Waals surface area (Å²) < 4.78 is 32.7. The molecule has 4 heteroatoms. The second-order valence-electron chi connectivity index (χ2n) is 5.06. The lowest BCUT2D eigenvalue weighted by Gasteiger charge is -2.11. The van der Waals surface area contributed by atoms with Crippen LogP contribution in [0.15, 0.2) is 42.5 Å². The van der Waals surface area contributed by atoms with Gasteiger partial charge in [0.1, 0.15) is 23.3 Å². The zero-order valence-electron chi connectivity index (χ0n) is 10.9. The molecule has 2 aromatic rings.